The van der Waals surface area contributed by atoms with Crippen molar-refractivity contribution in [1.82, 2.24) is 9.80 Å². The van der Waals surface area contributed by atoms with Gasteiger partial charge in [0.25, 0.3) is 0 Å². The molecule has 0 aromatic heterocycles. The molecule has 1 aromatic rings. The van der Waals surface area contributed by atoms with Gasteiger partial charge in [0.15, 0.2) is 0 Å². The normalized spacial score (nSPS) is 26.0. The van der Waals surface area contributed by atoms with Gasteiger partial charge in [-0.3, -0.25) is 4.90 Å². The molecule has 3 nitrogen and oxygen atoms in total. The molecule has 1 aliphatic rings. The van der Waals surface area contributed by atoms with Gasteiger partial charge in [0, 0.05) is 36.7 Å². The third-order valence-corrected chi connectivity index (χ3v) is 4.40. The van der Waals surface area contributed by atoms with Gasteiger partial charge in [-0.05, 0) is 37.7 Å². The molecule has 1 heterocycles. The fourth-order valence-corrected chi connectivity index (χ4v) is 3.32. The standard InChI is InChI=1S/C15H24ClN3/c1-11-9-19(10-15(11)18(2)3)14(8-17)12-5-4-6-13(16)7-12/h4-7,11,14-15H,8-10,17H2,1-3H3. The van der Waals surface area contributed by atoms with Gasteiger partial charge in [-0.1, -0.05) is 30.7 Å². The van der Waals surface area contributed by atoms with Crippen LogP contribution in [0.5, 0.6) is 0 Å². The molecule has 0 saturated carbocycles. The summed E-state index contributed by atoms with van der Waals surface area (Å²) in [6, 6.07) is 8.94. The van der Waals surface area contributed by atoms with Crippen molar-refractivity contribution in [3.05, 3.63) is 34.9 Å². The zero-order valence-electron chi connectivity index (χ0n) is 12.0. The van der Waals surface area contributed by atoms with Crippen LogP contribution in [0.3, 0.4) is 0 Å². The van der Waals surface area contributed by atoms with Crippen LogP contribution in [0.15, 0.2) is 24.3 Å². The SMILES string of the molecule is CC1CN(C(CN)c2cccc(Cl)c2)CC1N(C)C. The molecule has 19 heavy (non-hydrogen) atoms. The molecule has 0 spiro atoms. The lowest BCUT2D eigenvalue weighted by molar-refractivity contribution is 0.219. The predicted molar refractivity (Wildman–Crippen MR) is 81.5 cm³/mol. The third kappa shape index (κ3) is 3.29. The largest absolute Gasteiger partial charge is 0.329 e. The van der Waals surface area contributed by atoms with E-state index < -0.39 is 0 Å². The highest BCUT2D eigenvalue weighted by atomic mass is 35.5. The number of nitrogens with zero attached hydrogens (tertiary/aromatic N) is 2. The molecule has 106 valence electrons. The molecule has 0 amide bonds. The van der Waals surface area contributed by atoms with Gasteiger partial charge in [-0.2, -0.15) is 0 Å². The number of likely N-dealkylation sites (tertiary alicyclic amines) is 1. The van der Waals surface area contributed by atoms with Gasteiger partial charge in [0.1, 0.15) is 0 Å². The Balaban J connectivity index is 2.15. The Kier molecular flexibility index (Phi) is 4.85. The molecule has 1 aromatic carbocycles. The Labute approximate surface area is 121 Å². The Bertz CT molecular complexity index is 422. The van der Waals surface area contributed by atoms with Gasteiger partial charge >= 0.3 is 0 Å². The van der Waals surface area contributed by atoms with Crippen LogP contribution in [0.4, 0.5) is 0 Å². The average molecular weight is 282 g/mol. The summed E-state index contributed by atoms with van der Waals surface area (Å²) in [5.74, 6) is 0.670. The van der Waals surface area contributed by atoms with E-state index >= 15 is 0 Å². The quantitative estimate of drug-likeness (QED) is 0.919. The molecule has 0 bridgehead atoms. The third-order valence-electron chi connectivity index (χ3n) is 4.16. The second-order valence-electron chi connectivity index (χ2n) is 5.77. The zero-order valence-corrected chi connectivity index (χ0v) is 12.8. The minimum Gasteiger partial charge on any atom is -0.329 e. The Hall–Kier alpha value is -0.610. The van der Waals surface area contributed by atoms with Crippen LogP contribution in [0, 0.1) is 5.92 Å². The van der Waals surface area contributed by atoms with E-state index in [4.69, 9.17) is 17.3 Å². The van der Waals surface area contributed by atoms with Crippen molar-refractivity contribution in [3.8, 4) is 0 Å². The van der Waals surface area contributed by atoms with Gasteiger partial charge in [0.2, 0.25) is 0 Å². The number of likely N-dealkylation sites (N-methyl/N-ethyl adjacent to an activating group) is 1. The molecule has 3 unspecified atom stereocenters. The minimum absolute atomic E-state index is 0.270. The monoisotopic (exact) mass is 281 g/mol. The molecule has 0 aliphatic carbocycles. The highest BCUT2D eigenvalue weighted by molar-refractivity contribution is 6.30. The fraction of sp³-hybridized carbons (Fsp3) is 0.600. The van der Waals surface area contributed by atoms with Gasteiger partial charge < -0.3 is 10.6 Å². The smallest absolute Gasteiger partial charge is 0.0471 e. The van der Waals surface area contributed by atoms with Gasteiger partial charge in [-0.15, -0.1) is 0 Å². The summed E-state index contributed by atoms with van der Waals surface area (Å²) in [5, 5.41) is 0.785. The molecular weight excluding hydrogens is 258 g/mol. The fourth-order valence-electron chi connectivity index (χ4n) is 3.12. The van der Waals surface area contributed by atoms with Crippen molar-refractivity contribution in [2.75, 3.05) is 33.7 Å². The van der Waals surface area contributed by atoms with E-state index in [1.165, 1.54) is 5.56 Å². The molecular formula is C15H24ClN3. The predicted octanol–water partition coefficient (Wildman–Crippen LogP) is 2.22. The highest BCUT2D eigenvalue weighted by Gasteiger charge is 2.34. The summed E-state index contributed by atoms with van der Waals surface area (Å²) in [6.07, 6.45) is 0. The topological polar surface area (TPSA) is 32.5 Å². The molecule has 0 radical (unpaired) electrons. The van der Waals surface area contributed by atoms with Crippen molar-refractivity contribution in [2.45, 2.75) is 19.0 Å². The van der Waals surface area contributed by atoms with E-state index in [1.54, 1.807) is 0 Å². The summed E-state index contributed by atoms with van der Waals surface area (Å²) < 4.78 is 0. The first kappa shape index (κ1) is 14.8. The van der Waals surface area contributed by atoms with E-state index in [9.17, 15) is 0 Å². The molecule has 4 heteroatoms. The van der Waals surface area contributed by atoms with E-state index in [1.807, 2.05) is 18.2 Å². The zero-order chi connectivity index (χ0) is 14.0. The van der Waals surface area contributed by atoms with Gasteiger partial charge in [0.05, 0.1) is 0 Å². The Morgan fingerprint density at radius 1 is 1.42 bits per heavy atom. The summed E-state index contributed by atoms with van der Waals surface area (Å²) in [5.41, 5.74) is 7.23. The maximum atomic E-state index is 6.09. The van der Waals surface area contributed by atoms with E-state index in [0.717, 1.165) is 18.1 Å². The molecule has 1 fully saturated rings. The van der Waals surface area contributed by atoms with Gasteiger partial charge in [-0.25, -0.2) is 0 Å². The number of hydrogen-bond acceptors (Lipinski definition) is 3. The van der Waals surface area contributed by atoms with Crippen LogP contribution >= 0.6 is 11.6 Å². The molecule has 2 rings (SSSR count). The second kappa shape index (κ2) is 6.23. The number of nitrogens with two attached hydrogens (primary N) is 1. The average Bonchev–Trinajstić information content (AvgIpc) is 2.72. The van der Waals surface area contributed by atoms with Crippen molar-refractivity contribution >= 4 is 11.6 Å². The lowest BCUT2D eigenvalue weighted by Gasteiger charge is -2.28. The minimum atomic E-state index is 0.270. The van der Waals surface area contributed by atoms with Crippen LogP contribution in [-0.4, -0.2) is 49.6 Å². The maximum Gasteiger partial charge on any atom is 0.0471 e. The summed E-state index contributed by atoms with van der Waals surface area (Å²) >= 11 is 6.09. The molecule has 2 N–H and O–H groups in total. The number of hydrogen-bond donors (Lipinski definition) is 1. The first-order valence-electron chi connectivity index (χ1n) is 6.89. The van der Waals surface area contributed by atoms with E-state index in [-0.39, 0.29) is 6.04 Å². The van der Waals surface area contributed by atoms with Crippen LogP contribution in [0.25, 0.3) is 0 Å². The number of rotatable bonds is 4. The highest BCUT2D eigenvalue weighted by Crippen LogP contribution is 2.29. The maximum absolute atomic E-state index is 6.09. The summed E-state index contributed by atoms with van der Waals surface area (Å²) in [7, 11) is 4.31. The van der Waals surface area contributed by atoms with Crippen molar-refractivity contribution in [1.29, 1.82) is 0 Å². The molecule has 1 aliphatic heterocycles. The number of halogens is 1. The van der Waals surface area contributed by atoms with Crippen LogP contribution in [0.1, 0.15) is 18.5 Å². The first-order chi connectivity index (χ1) is 9.02. The van der Waals surface area contributed by atoms with Crippen molar-refractivity contribution in [2.24, 2.45) is 11.7 Å². The van der Waals surface area contributed by atoms with E-state index in [2.05, 4.69) is 36.9 Å². The Morgan fingerprint density at radius 2 is 2.16 bits per heavy atom. The van der Waals surface area contributed by atoms with Crippen LogP contribution in [-0.2, 0) is 0 Å². The summed E-state index contributed by atoms with van der Waals surface area (Å²) in [4.78, 5) is 4.80. The number of benzene rings is 1. The molecule has 1 saturated heterocycles. The first-order valence-corrected chi connectivity index (χ1v) is 7.26. The Morgan fingerprint density at radius 3 is 2.68 bits per heavy atom. The second-order valence-corrected chi connectivity index (χ2v) is 6.21. The lowest BCUT2D eigenvalue weighted by atomic mass is 10.1. The van der Waals surface area contributed by atoms with Crippen molar-refractivity contribution in [3.63, 3.8) is 0 Å². The van der Waals surface area contributed by atoms with Crippen LogP contribution in [0.2, 0.25) is 5.02 Å². The van der Waals surface area contributed by atoms with Crippen LogP contribution < -0.4 is 5.73 Å². The van der Waals surface area contributed by atoms with Crippen molar-refractivity contribution < 1.29 is 0 Å². The van der Waals surface area contributed by atoms with E-state index in [0.29, 0.717) is 18.5 Å². The molecule has 3 atom stereocenters. The lowest BCUT2D eigenvalue weighted by Crippen LogP contribution is -2.36. The summed E-state index contributed by atoms with van der Waals surface area (Å²) in [6.45, 7) is 5.11.